The number of likely N-dealkylation sites (N-methyl/N-ethyl adjacent to an activating group) is 1. The molecule has 2 aliphatic carbocycles. The molecular formula is C26H29NO11. The van der Waals surface area contributed by atoms with Crippen LogP contribution in [-0.4, -0.2) is 92.6 Å². The minimum atomic E-state index is -2.00. The number of ketones is 1. The van der Waals surface area contributed by atoms with E-state index in [1.807, 2.05) is 13.1 Å². The topological polar surface area (TPSA) is 180 Å². The Morgan fingerprint density at radius 3 is 2.66 bits per heavy atom. The third-order valence-electron chi connectivity index (χ3n) is 8.29. The molecule has 4 aliphatic rings. The first-order valence-electron chi connectivity index (χ1n) is 12.3. The number of aromatic hydroxyl groups is 1. The Morgan fingerprint density at radius 2 is 1.97 bits per heavy atom. The molecule has 0 aromatic heterocycles. The highest BCUT2D eigenvalue weighted by Gasteiger charge is 2.72. The number of esters is 2. The summed E-state index contributed by atoms with van der Waals surface area (Å²) in [6, 6.07) is 3.13. The molecule has 1 aromatic rings. The number of rotatable bonds is 8. The Labute approximate surface area is 217 Å². The van der Waals surface area contributed by atoms with Gasteiger partial charge in [0.25, 0.3) is 0 Å². The Morgan fingerprint density at radius 1 is 1.24 bits per heavy atom. The van der Waals surface area contributed by atoms with Crippen LogP contribution in [0.25, 0.3) is 0 Å². The van der Waals surface area contributed by atoms with Crippen molar-refractivity contribution in [3.63, 3.8) is 0 Å². The van der Waals surface area contributed by atoms with Gasteiger partial charge in [-0.3, -0.25) is 14.4 Å². The first-order chi connectivity index (χ1) is 17.9. The number of aliphatic hydroxyl groups excluding tert-OH is 1. The van der Waals surface area contributed by atoms with Crippen molar-refractivity contribution < 1.29 is 53.8 Å². The van der Waals surface area contributed by atoms with E-state index in [-0.39, 0.29) is 29.7 Å². The van der Waals surface area contributed by atoms with Crippen molar-refractivity contribution in [1.82, 2.24) is 4.90 Å². The van der Waals surface area contributed by atoms with E-state index in [0.29, 0.717) is 24.9 Å². The first kappa shape index (κ1) is 26.1. The number of hydrogen-bond donors (Lipinski definition) is 4. The predicted octanol–water partition coefficient (Wildman–Crippen LogP) is -0.0604. The summed E-state index contributed by atoms with van der Waals surface area (Å²) in [5.74, 6) is -4.17. The minimum absolute atomic E-state index is 0.0857. The molecule has 204 valence electrons. The molecule has 1 aromatic carbocycles. The SMILES string of the molecule is CC(=O)[C@H](CC(=O)O)OC(=O)[C@@H](O)CC(=O)OC1=CC[C@@]2(O)[C@H]3Cc4ccc(O)c5c4[C@@]2(CCN3C)[C@H]1O5. The van der Waals surface area contributed by atoms with Gasteiger partial charge in [-0.05, 0) is 51.1 Å². The number of carbonyl (C=O) groups is 4. The molecule has 2 aliphatic heterocycles. The van der Waals surface area contributed by atoms with E-state index < -0.39 is 65.9 Å². The molecule has 1 saturated heterocycles. The number of aliphatic hydroxyl groups is 2. The second-order valence-corrected chi connectivity index (χ2v) is 10.4. The zero-order chi connectivity index (χ0) is 27.6. The molecule has 0 radical (unpaired) electrons. The van der Waals surface area contributed by atoms with Crippen LogP contribution < -0.4 is 4.74 Å². The summed E-state index contributed by atoms with van der Waals surface area (Å²) in [4.78, 5) is 49.5. The minimum Gasteiger partial charge on any atom is -0.504 e. The summed E-state index contributed by atoms with van der Waals surface area (Å²) in [6.07, 6.45) is -3.38. The average molecular weight is 532 g/mol. The summed E-state index contributed by atoms with van der Waals surface area (Å²) in [5.41, 5.74) is -0.567. The van der Waals surface area contributed by atoms with Crippen LogP contribution in [0.4, 0.5) is 0 Å². The number of benzene rings is 1. The third kappa shape index (κ3) is 3.77. The van der Waals surface area contributed by atoms with Crippen LogP contribution in [0, 0.1) is 0 Å². The Balaban J connectivity index is 1.36. The number of carboxylic acid groups (broad SMARTS) is 1. The predicted molar refractivity (Wildman–Crippen MR) is 126 cm³/mol. The van der Waals surface area contributed by atoms with Crippen LogP contribution >= 0.6 is 0 Å². The second kappa shape index (κ2) is 9.07. The number of phenolic OH excluding ortho intramolecular Hbond substituents is 1. The van der Waals surface area contributed by atoms with Gasteiger partial charge in [-0.15, -0.1) is 0 Å². The highest BCUT2D eigenvalue weighted by Crippen LogP contribution is 2.65. The van der Waals surface area contributed by atoms with Gasteiger partial charge in [0, 0.05) is 18.0 Å². The molecule has 2 bridgehead atoms. The number of ether oxygens (including phenoxy) is 3. The van der Waals surface area contributed by atoms with E-state index in [9.17, 15) is 34.5 Å². The van der Waals surface area contributed by atoms with Gasteiger partial charge in [0.2, 0.25) is 0 Å². The van der Waals surface area contributed by atoms with Crippen LogP contribution in [0.2, 0.25) is 0 Å². The Hall–Kier alpha value is -3.48. The van der Waals surface area contributed by atoms with Crippen LogP contribution in [0.3, 0.4) is 0 Å². The van der Waals surface area contributed by atoms with Crippen molar-refractivity contribution in [1.29, 1.82) is 0 Å². The number of hydrogen-bond acceptors (Lipinski definition) is 11. The van der Waals surface area contributed by atoms with Crippen molar-refractivity contribution in [3.05, 3.63) is 35.1 Å². The summed E-state index contributed by atoms with van der Waals surface area (Å²) in [5, 5.41) is 41.7. The lowest BCUT2D eigenvalue weighted by atomic mass is 9.50. The fourth-order valence-electron chi connectivity index (χ4n) is 6.50. The van der Waals surface area contributed by atoms with Gasteiger partial charge in [0.15, 0.2) is 35.6 Å². The van der Waals surface area contributed by atoms with Crippen LogP contribution in [0.5, 0.6) is 11.5 Å². The second-order valence-electron chi connectivity index (χ2n) is 10.4. The smallest absolute Gasteiger partial charge is 0.336 e. The van der Waals surface area contributed by atoms with E-state index in [0.717, 1.165) is 12.5 Å². The lowest BCUT2D eigenvalue weighted by Crippen LogP contribution is -2.74. The molecule has 1 fully saturated rings. The fraction of sp³-hybridized carbons (Fsp3) is 0.538. The maximum Gasteiger partial charge on any atom is 0.336 e. The standard InChI is InChI=1S/C26H29NO11/c1-12(28)17(11-19(31)32)37-24(34)15(30)10-20(33)36-16-5-6-26(35)18-9-13-3-4-14(29)22-21(13)25(26,23(16)38-22)7-8-27(18)2/h3-5,15,17-18,23,29-30,35H,6-11H2,1-2H3,(H,31,32)/t15-,17-,18+,23-,25-,26+/m0/s1. The lowest BCUT2D eigenvalue weighted by molar-refractivity contribution is -0.173. The molecule has 0 saturated carbocycles. The third-order valence-corrected chi connectivity index (χ3v) is 8.29. The van der Waals surface area contributed by atoms with Crippen molar-refractivity contribution in [2.75, 3.05) is 13.6 Å². The number of Topliss-reactive ketones (excluding diaryl/α,β-unsaturated/α-hetero) is 1. The van der Waals surface area contributed by atoms with Crippen LogP contribution in [0.1, 0.15) is 43.7 Å². The summed E-state index contributed by atoms with van der Waals surface area (Å²) in [6.45, 7) is 1.68. The van der Waals surface area contributed by atoms with Crippen molar-refractivity contribution in [2.24, 2.45) is 0 Å². The lowest BCUT2D eigenvalue weighted by Gasteiger charge is -2.61. The Kier molecular flexibility index (Phi) is 6.24. The molecule has 0 unspecified atom stereocenters. The average Bonchev–Trinajstić information content (AvgIpc) is 3.20. The van der Waals surface area contributed by atoms with Gasteiger partial charge >= 0.3 is 17.9 Å². The number of carbonyl (C=O) groups excluding carboxylic acids is 3. The molecule has 5 rings (SSSR count). The van der Waals surface area contributed by atoms with Crippen molar-refractivity contribution in [3.8, 4) is 11.5 Å². The van der Waals surface area contributed by atoms with Gasteiger partial charge < -0.3 is 39.5 Å². The Bertz CT molecular complexity index is 1260. The zero-order valence-corrected chi connectivity index (χ0v) is 20.9. The summed E-state index contributed by atoms with van der Waals surface area (Å²) >= 11 is 0. The van der Waals surface area contributed by atoms with Gasteiger partial charge in [-0.2, -0.15) is 0 Å². The molecule has 2 heterocycles. The quantitative estimate of drug-likeness (QED) is 0.329. The number of piperidine rings is 1. The van der Waals surface area contributed by atoms with Gasteiger partial charge in [0.1, 0.15) is 5.76 Å². The summed E-state index contributed by atoms with van der Waals surface area (Å²) in [7, 11) is 1.94. The number of phenols is 1. The van der Waals surface area contributed by atoms with E-state index in [4.69, 9.17) is 19.3 Å². The van der Waals surface area contributed by atoms with E-state index >= 15 is 0 Å². The number of likely N-dealkylation sites (tertiary alicyclic amines) is 1. The number of nitrogens with zero attached hydrogens (tertiary/aromatic N) is 1. The number of carboxylic acids is 1. The molecule has 1 spiro atoms. The molecule has 12 heteroatoms. The summed E-state index contributed by atoms with van der Waals surface area (Å²) < 4.78 is 16.5. The molecular weight excluding hydrogens is 502 g/mol. The maximum absolute atomic E-state index is 12.7. The first-order valence-corrected chi connectivity index (χ1v) is 12.3. The van der Waals surface area contributed by atoms with Gasteiger partial charge in [-0.1, -0.05) is 6.07 Å². The van der Waals surface area contributed by atoms with Crippen LogP contribution in [-0.2, 0) is 40.5 Å². The monoisotopic (exact) mass is 531 g/mol. The van der Waals surface area contributed by atoms with E-state index in [1.54, 1.807) is 6.08 Å². The highest BCUT2D eigenvalue weighted by molar-refractivity contribution is 5.89. The largest absolute Gasteiger partial charge is 0.504 e. The van der Waals surface area contributed by atoms with Gasteiger partial charge in [-0.25, -0.2) is 4.79 Å². The molecule has 38 heavy (non-hydrogen) atoms. The van der Waals surface area contributed by atoms with E-state index in [2.05, 4.69) is 4.90 Å². The normalized spacial score (nSPS) is 30.3. The fourth-order valence-corrected chi connectivity index (χ4v) is 6.50. The van der Waals surface area contributed by atoms with Crippen molar-refractivity contribution >= 4 is 23.7 Å². The van der Waals surface area contributed by atoms with Gasteiger partial charge in [0.05, 0.1) is 23.9 Å². The molecule has 6 atom stereocenters. The maximum atomic E-state index is 12.7. The molecule has 12 nitrogen and oxygen atoms in total. The van der Waals surface area contributed by atoms with Crippen LogP contribution in [0.15, 0.2) is 24.0 Å². The molecule has 4 N–H and O–H groups in total. The van der Waals surface area contributed by atoms with Crippen molar-refractivity contribution in [2.45, 2.75) is 74.4 Å². The zero-order valence-electron chi connectivity index (χ0n) is 20.9. The molecule has 0 amide bonds. The highest BCUT2D eigenvalue weighted by atomic mass is 16.6. The number of aliphatic carboxylic acids is 1. The van der Waals surface area contributed by atoms with E-state index in [1.165, 1.54) is 6.07 Å².